The van der Waals surface area contributed by atoms with Gasteiger partial charge in [-0.25, -0.2) is 9.78 Å². The van der Waals surface area contributed by atoms with E-state index in [2.05, 4.69) is 10.1 Å². The van der Waals surface area contributed by atoms with Crippen molar-refractivity contribution >= 4 is 58.1 Å². The molecular formula is C31H20Cl2N4O6. The van der Waals surface area contributed by atoms with Crippen LogP contribution < -0.4 is 15.0 Å². The lowest BCUT2D eigenvalue weighted by Crippen LogP contribution is -2.20. The molecule has 0 saturated carbocycles. The fourth-order valence-electron chi connectivity index (χ4n) is 4.10. The number of halogens is 2. The lowest BCUT2D eigenvalue weighted by atomic mass is 10.2. The Morgan fingerprint density at radius 2 is 1.79 bits per heavy atom. The van der Waals surface area contributed by atoms with Crippen molar-refractivity contribution in [1.29, 1.82) is 0 Å². The molecule has 5 rings (SSSR count). The Morgan fingerprint density at radius 3 is 2.56 bits per heavy atom. The van der Waals surface area contributed by atoms with Gasteiger partial charge >= 0.3 is 5.97 Å². The Kier molecular flexibility index (Phi) is 8.61. The van der Waals surface area contributed by atoms with Crippen LogP contribution in [0, 0.1) is 10.1 Å². The highest BCUT2D eigenvalue weighted by Gasteiger charge is 2.16. The van der Waals surface area contributed by atoms with Crippen LogP contribution >= 0.6 is 23.2 Å². The summed E-state index contributed by atoms with van der Waals surface area (Å²) in [6, 6.07) is 22.3. The van der Waals surface area contributed by atoms with Crippen LogP contribution in [0.3, 0.4) is 0 Å². The third-order valence-corrected chi connectivity index (χ3v) is 6.69. The van der Waals surface area contributed by atoms with Crippen molar-refractivity contribution in [2.75, 3.05) is 7.11 Å². The molecule has 4 aromatic carbocycles. The maximum absolute atomic E-state index is 13.5. The molecule has 0 aliphatic carbocycles. The van der Waals surface area contributed by atoms with E-state index in [1.54, 1.807) is 60.7 Å². The molecule has 5 aromatic rings. The third kappa shape index (κ3) is 6.61. The van der Waals surface area contributed by atoms with E-state index < -0.39 is 16.5 Å². The predicted molar refractivity (Wildman–Crippen MR) is 165 cm³/mol. The van der Waals surface area contributed by atoms with E-state index in [9.17, 15) is 19.7 Å². The first kappa shape index (κ1) is 29.2. The largest absolute Gasteiger partial charge is 0.493 e. The number of ether oxygens (including phenoxy) is 2. The summed E-state index contributed by atoms with van der Waals surface area (Å²) in [6.07, 6.45) is 3.99. The molecule has 0 unspecified atom stereocenters. The van der Waals surface area contributed by atoms with Gasteiger partial charge in [-0.3, -0.25) is 14.9 Å². The Bertz CT molecular complexity index is 2010. The summed E-state index contributed by atoms with van der Waals surface area (Å²) >= 11 is 12.5. The van der Waals surface area contributed by atoms with E-state index in [-0.39, 0.29) is 23.0 Å². The van der Waals surface area contributed by atoms with Crippen molar-refractivity contribution in [3.8, 4) is 22.9 Å². The predicted octanol–water partition coefficient (Wildman–Crippen LogP) is 6.79. The molecule has 43 heavy (non-hydrogen) atoms. The van der Waals surface area contributed by atoms with Crippen LogP contribution in [0.25, 0.3) is 28.4 Å². The number of esters is 1. The van der Waals surface area contributed by atoms with Gasteiger partial charge in [-0.05, 0) is 65.7 Å². The highest BCUT2D eigenvalue weighted by molar-refractivity contribution is 6.36. The minimum Gasteiger partial charge on any atom is -0.493 e. The molecule has 0 saturated heterocycles. The Hall–Kier alpha value is -5.32. The molecule has 0 amide bonds. The Labute approximate surface area is 254 Å². The molecule has 0 aliphatic rings. The molecule has 0 aliphatic heterocycles. The van der Waals surface area contributed by atoms with Crippen LogP contribution in [0.5, 0.6) is 11.5 Å². The van der Waals surface area contributed by atoms with E-state index >= 15 is 0 Å². The smallest absolute Gasteiger partial charge is 0.336 e. The monoisotopic (exact) mass is 614 g/mol. The number of rotatable bonds is 8. The van der Waals surface area contributed by atoms with Gasteiger partial charge in [0.05, 0.1) is 34.2 Å². The zero-order chi connectivity index (χ0) is 30.5. The van der Waals surface area contributed by atoms with Crippen LogP contribution in [-0.2, 0) is 4.79 Å². The number of hydrogen-bond donors (Lipinski definition) is 0. The normalized spacial score (nSPS) is 11.3. The van der Waals surface area contributed by atoms with E-state index in [1.807, 2.05) is 0 Å². The van der Waals surface area contributed by atoms with Crippen molar-refractivity contribution in [2.45, 2.75) is 0 Å². The van der Waals surface area contributed by atoms with Crippen molar-refractivity contribution in [3.63, 3.8) is 0 Å². The number of non-ortho nitro benzene ring substituents is 1. The highest BCUT2D eigenvalue weighted by atomic mass is 35.5. The molecule has 0 bridgehead atoms. The van der Waals surface area contributed by atoms with E-state index in [0.717, 1.165) is 10.8 Å². The molecule has 0 atom stereocenters. The highest BCUT2D eigenvalue weighted by Crippen LogP contribution is 2.30. The summed E-state index contributed by atoms with van der Waals surface area (Å²) in [5.41, 5.74) is 1.42. The number of para-hydroxylation sites is 1. The second kappa shape index (κ2) is 12.7. The first-order chi connectivity index (χ1) is 20.7. The second-order valence-corrected chi connectivity index (χ2v) is 9.80. The number of carbonyl (C=O) groups is 1. The quantitative estimate of drug-likeness (QED) is 0.0470. The van der Waals surface area contributed by atoms with E-state index in [1.165, 1.54) is 43.7 Å². The summed E-state index contributed by atoms with van der Waals surface area (Å²) in [5, 5.41) is 16.5. The SMILES string of the molecule is COc1cc(C=Nn2c(-c3ccc(Cl)cc3Cl)nc3ccccc3c2=O)ccc1OC(=O)/C=C/c1cccc([N+](=O)[O-])c1. The molecular weight excluding hydrogens is 595 g/mol. The number of fused-ring (bicyclic) bond motifs is 1. The van der Waals surface area contributed by atoms with Gasteiger partial charge < -0.3 is 9.47 Å². The molecule has 1 aromatic heterocycles. The van der Waals surface area contributed by atoms with Gasteiger partial charge in [-0.15, -0.1) is 0 Å². The van der Waals surface area contributed by atoms with E-state index in [0.29, 0.717) is 37.6 Å². The average molecular weight is 615 g/mol. The molecule has 10 nitrogen and oxygen atoms in total. The van der Waals surface area contributed by atoms with Crippen LogP contribution in [0.15, 0.2) is 101 Å². The number of benzene rings is 4. The number of aromatic nitrogens is 2. The second-order valence-electron chi connectivity index (χ2n) is 8.96. The van der Waals surface area contributed by atoms with Crippen LogP contribution in [0.1, 0.15) is 11.1 Å². The lowest BCUT2D eigenvalue weighted by molar-refractivity contribution is -0.384. The van der Waals surface area contributed by atoms with Crippen molar-refractivity contribution in [1.82, 2.24) is 9.66 Å². The van der Waals surface area contributed by atoms with Gasteiger partial charge in [-0.2, -0.15) is 9.78 Å². The number of nitro benzene ring substituents is 1. The molecule has 12 heteroatoms. The average Bonchev–Trinajstić information content (AvgIpc) is 3.00. The van der Waals surface area contributed by atoms with Gasteiger partial charge in [0.15, 0.2) is 17.3 Å². The summed E-state index contributed by atoms with van der Waals surface area (Å²) in [5.74, 6) is -0.142. The third-order valence-electron chi connectivity index (χ3n) is 6.14. The maximum atomic E-state index is 13.5. The van der Waals surface area contributed by atoms with Gasteiger partial charge in [0, 0.05) is 28.8 Å². The lowest BCUT2D eigenvalue weighted by Gasteiger charge is -2.11. The number of nitro groups is 1. The topological polar surface area (TPSA) is 126 Å². The van der Waals surface area contributed by atoms with Gasteiger partial charge in [0.25, 0.3) is 11.2 Å². The molecule has 0 N–H and O–H groups in total. The van der Waals surface area contributed by atoms with Gasteiger partial charge in [-0.1, -0.05) is 47.5 Å². The molecule has 214 valence electrons. The molecule has 0 fully saturated rings. The van der Waals surface area contributed by atoms with Gasteiger partial charge in [0.1, 0.15) is 0 Å². The number of carbonyl (C=O) groups excluding carboxylic acids is 1. The molecule has 0 radical (unpaired) electrons. The minimum absolute atomic E-state index is 0.0976. The number of nitrogens with zero attached hydrogens (tertiary/aromatic N) is 4. The zero-order valence-corrected chi connectivity index (χ0v) is 23.8. The summed E-state index contributed by atoms with van der Waals surface area (Å²) in [6.45, 7) is 0. The summed E-state index contributed by atoms with van der Waals surface area (Å²) < 4.78 is 11.9. The fraction of sp³-hybridized carbons (Fsp3) is 0.0323. The minimum atomic E-state index is -0.718. The van der Waals surface area contributed by atoms with Gasteiger partial charge in [0.2, 0.25) is 0 Å². The van der Waals surface area contributed by atoms with Crippen molar-refractivity contribution in [2.24, 2.45) is 5.10 Å². The molecule has 0 spiro atoms. The van der Waals surface area contributed by atoms with E-state index in [4.69, 9.17) is 32.7 Å². The Balaban J connectivity index is 1.44. The van der Waals surface area contributed by atoms with Crippen LogP contribution in [0.2, 0.25) is 10.0 Å². The maximum Gasteiger partial charge on any atom is 0.336 e. The van der Waals surface area contributed by atoms with Crippen molar-refractivity contribution in [3.05, 3.63) is 133 Å². The first-order valence-corrected chi connectivity index (χ1v) is 13.3. The summed E-state index contributed by atoms with van der Waals surface area (Å²) in [4.78, 5) is 41.0. The first-order valence-electron chi connectivity index (χ1n) is 12.6. The van der Waals surface area contributed by atoms with Crippen LogP contribution in [-0.4, -0.2) is 33.9 Å². The standard InChI is InChI=1S/C31H20Cl2N4O6/c1-42-28-16-20(9-13-27(28)43-29(38)14-10-19-5-4-6-22(15-19)37(40)41)18-34-36-30(23-12-11-21(32)17-25(23)33)35-26-8-3-2-7-24(26)31(36)39/h2-18H,1H3/b14-10+,34-18?. The Morgan fingerprint density at radius 1 is 0.977 bits per heavy atom. The number of methoxy groups -OCH3 is 1. The summed E-state index contributed by atoms with van der Waals surface area (Å²) in [7, 11) is 1.41. The molecule has 1 heterocycles. The van der Waals surface area contributed by atoms with Crippen LogP contribution in [0.4, 0.5) is 5.69 Å². The van der Waals surface area contributed by atoms with Crippen molar-refractivity contribution < 1.29 is 19.2 Å². The zero-order valence-electron chi connectivity index (χ0n) is 22.3. The number of hydrogen-bond acceptors (Lipinski definition) is 8. The fourth-order valence-corrected chi connectivity index (χ4v) is 4.59.